The zero-order valence-corrected chi connectivity index (χ0v) is 18.9. The first-order valence-corrected chi connectivity index (χ1v) is 10.0. The first kappa shape index (κ1) is 23.1. The average molecular weight is 444 g/mol. The lowest BCUT2D eigenvalue weighted by Crippen LogP contribution is -2.32. The number of amides is 2. The van der Waals surface area contributed by atoms with E-state index in [0.29, 0.717) is 34.4 Å². The molecule has 1 fully saturated rings. The monoisotopic (exact) mass is 444 g/mol. The van der Waals surface area contributed by atoms with E-state index in [1.54, 1.807) is 49.5 Å². The van der Waals surface area contributed by atoms with Crippen LogP contribution in [-0.2, 0) is 16.1 Å². The van der Waals surface area contributed by atoms with Crippen molar-refractivity contribution in [2.45, 2.75) is 13.0 Å². The topological polar surface area (TPSA) is 95.6 Å². The van der Waals surface area contributed by atoms with Crippen LogP contribution in [0, 0.1) is 5.92 Å². The van der Waals surface area contributed by atoms with Gasteiger partial charge in [0, 0.05) is 37.2 Å². The molecule has 1 heterocycles. The molecule has 1 atom stereocenters. The summed E-state index contributed by atoms with van der Waals surface area (Å²) in [4.78, 5) is 27.1. The summed E-state index contributed by atoms with van der Waals surface area (Å²) in [6.45, 7) is 0.507. The lowest BCUT2D eigenvalue weighted by Gasteiger charge is -2.20. The van der Waals surface area contributed by atoms with Gasteiger partial charge in [-0.3, -0.25) is 9.59 Å². The van der Waals surface area contributed by atoms with E-state index in [1.807, 2.05) is 0 Å². The summed E-state index contributed by atoms with van der Waals surface area (Å²) < 4.78 is 26.7. The molecule has 0 aliphatic carbocycles. The van der Waals surface area contributed by atoms with Crippen molar-refractivity contribution in [1.29, 1.82) is 0 Å². The van der Waals surface area contributed by atoms with Crippen LogP contribution < -0.4 is 33.9 Å². The third kappa shape index (κ3) is 4.66. The molecule has 1 unspecified atom stereocenters. The highest BCUT2D eigenvalue weighted by atomic mass is 16.5. The lowest BCUT2D eigenvalue weighted by atomic mass is 10.1. The van der Waals surface area contributed by atoms with Gasteiger partial charge in [0.15, 0.2) is 11.5 Å². The van der Waals surface area contributed by atoms with Gasteiger partial charge in [-0.25, -0.2) is 0 Å². The molecule has 0 radical (unpaired) electrons. The largest absolute Gasteiger partial charge is 0.497 e. The third-order valence-corrected chi connectivity index (χ3v) is 5.40. The Balaban J connectivity index is 1.73. The number of hydrogen-bond acceptors (Lipinski definition) is 7. The van der Waals surface area contributed by atoms with Crippen LogP contribution >= 0.6 is 0 Å². The number of anilines is 1. The summed E-state index contributed by atoms with van der Waals surface area (Å²) in [5.74, 6) is 1.77. The van der Waals surface area contributed by atoms with E-state index in [1.165, 1.54) is 21.3 Å². The third-order valence-electron chi connectivity index (χ3n) is 5.40. The summed E-state index contributed by atoms with van der Waals surface area (Å²) >= 11 is 0. The van der Waals surface area contributed by atoms with Crippen LogP contribution in [0.1, 0.15) is 12.0 Å². The molecule has 9 heteroatoms. The van der Waals surface area contributed by atoms with Crippen molar-refractivity contribution in [3.63, 3.8) is 0 Å². The molecule has 1 saturated heterocycles. The second-order valence-corrected chi connectivity index (χ2v) is 7.18. The highest BCUT2D eigenvalue weighted by molar-refractivity contribution is 6.00. The summed E-state index contributed by atoms with van der Waals surface area (Å²) in [5, 5.41) is 2.90. The van der Waals surface area contributed by atoms with Crippen LogP contribution in [0.15, 0.2) is 30.3 Å². The van der Waals surface area contributed by atoms with Gasteiger partial charge in [0.05, 0.1) is 47.2 Å². The Kier molecular flexibility index (Phi) is 7.29. The molecule has 2 amide bonds. The Morgan fingerprint density at radius 3 is 2.16 bits per heavy atom. The summed E-state index contributed by atoms with van der Waals surface area (Å²) in [6.07, 6.45) is 0.109. The molecule has 1 aliphatic rings. The number of carbonyl (C=O) groups is 2. The van der Waals surface area contributed by atoms with Crippen LogP contribution in [0.2, 0.25) is 0 Å². The molecule has 2 aromatic carbocycles. The van der Waals surface area contributed by atoms with Crippen LogP contribution in [0.25, 0.3) is 0 Å². The van der Waals surface area contributed by atoms with Gasteiger partial charge in [0.25, 0.3) is 0 Å². The van der Waals surface area contributed by atoms with Gasteiger partial charge in [-0.05, 0) is 18.2 Å². The minimum atomic E-state index is -0.488. The van der Waals surface area contributed by atoms with Crippen LogP contribution in [0.4, 0.5) is 5.69 Å². The Labute approximate surface area is 187 Å². The van der Waals surface area contributed by atoms with E-state index in [2.05, 4.69) is 5.32 Å². The maximum absolute atomic E-state index is 12.8. The first-order valence-electron chi connectivity index (χ1n) is 10.0. The van der Waals surface area contributed by atoms with Gasteiger partial charge >= 0.3 is 0 Å². The smallest absolute Gasteiger partial charge is 0.227 e. The van der Waals surface area contributed by atoms with Gasteiger partial charge < -0.3 is 33.9 Å². The van der Waals surface area contributed by atoms with E-state index in [4.69, 9.17) is 23.7 Å². The molecular formula is C23H28N2O7. The molecule has 2 aromatic rings. The minimum Gasteiger partial charge on any atom is -0.497 e. The summed E-state index contributed by atoms with van der Waals surface area (Å²) in [7, 11) is 7.68. The van der Waals surface area contributed by atoms with Crippen molar-refractivity contribution in [3.8, 4) is 28.7 Å². The van der Waals surface area contributed by atoms with E-state index < -0.39 is 5.92 Å². The molecule has 172 valence electrons. The van der Waals surface area contributed by atoms with Crippen LogP contribution in [-0.4, -0.2) is 53.9 Å². The van der Waals surface area contributed by atoms with Crippen molar-refractivity contribution >= 4 is 17.5 Å². The number of methoxy groups -OCH3 is 5. The molecule has 1 aliphatic heterocycles. The first-order chi connectivity index (χ1) is 15.4. The van der Waals surface area contributed by atoms with Gasteiger partial charge in [-0.1, -0.05) is 0 Å². The maximum Gasteiger partial charge on any atom is 0.227 e. The van der Waals surface area contributed by atoms with Gasteiger partial charge in [-0.15, -0.1) is 0 Å². The van der Waals surface area contributed by atoms with Gasteiger partial charge in [0.1, 0.15) is 11.5 Å². The normalized spacial score (nSPS) is 15.3. The summed E-state index contributed by atoms with van der Waals surface area (Å²) in [6, 6.07) is 8.77. The molecule has 0 spiro atoms. The van der Waals surface area contributed by atoms with E-state index in [0.717, 1.165) is 5.56 Å². The lowest BCUT2D eigenvalue weighted by molar-refractivity contribution is -0.126. The SMILES string of the molecule is COc1ccc(OC)c(CNC(=O)C2CC(=O)N(c3cc(OC)c(OC)c(OC)c3)C2)c1. The van der Waals surface area contributed by atoms with Gasteiger partial charge in [0.2, 0.25) is 17.6 Å². The number of carbonyl (C=O) groups excluding carboxylic acids is 2. The quantitative estimate of drug-likeness (QED) is 0.635. The molecule has 0 aromatic heterocycles. The second-order valence-electron chi connectivity index (χ2n) is 7.18. The van der Waals surface area contributed by atoms with Crippen molar-refractivity contribution in [2.75, 3.05) is 47.0 Å². The molecule has 32 heavy (non-hydrogen) atoms. The number of nitrogens with one attached hydrogen (secondary N) is 1. The fourth-order valence-electron chi connectivity index (χ4n) is 3.70. The predicted octanol–water partition coefficient (Wildman–Crippen LogP) is 2.40. The molecular weight excluding hydrogens is 416 g/mol. The number of ether oxygens (including phenoxy) is 5. The molecule has 3 rings (SSSR count). The minimum absolute atomic E-state index is 0.109. The number of nitrogens with zero attached hydrogens (tertiary/aromatic N) is 1. The van der Waals surface area contributed by atoms with Crippen molar-refractivity contribution in [1.82, 2.24) is 5.32 Å². The zero-order chi connectivity index (χ0) is 23.3. The fraction of sp³-hybridized carbons (Fsp3) is 0.391. The van der Waals surface area contributed by atoms with Crippen molar-refractivity contribution in [3.05, 3.63) is 35.9 Å². The zero-order valence-electron chi connectivity index (χ0n) is 18.9. The second kappa shape index (κ2) is 10.1. The van der Waals surface area contributed by atoms with Crippen molar-refractivity contribution in [2.24, 2.45) is 5.92 Å². The Morgan fingerprint density at radius 1 is 0.938 bits per heavy atom. The molecule has 0 bridgehead atoms. The van der Waals surface area contributed by atoms with E-state index in [9.17, 15) is 9.59 Å². The summed E-state index contributed by atoms with van der Waals surface area (Å²) in [5.41, 5.74) is 1.36. The van der Waals surface area contributed by atoms with Crippen LogP contribution in [0.5, 0.6) is 28.7 Å². The average Bonchev–Trinajstić information content (AvgIpc) is 3.22. The number of benzene rings is 2. The Morgan fingerprint density at radius 2 is 1.59 bits per heavy atom. The maximum atomic E-state index is 12.8. The Hall–Kier alpha value is -3.62. The standard InChI is InChI=1S/C23H28N2O7/c1-28-17-6-7-18(29-2)14(8-17)12-24-23(27)15-9-21(26)25(13-15)16-10-19(30-3)22(32-5)20(11-16)31-4/h6-8,10-11,15H,9,12-13H2,1-5H3,(H,24,27). The van der Waals surface area contributed by atoms with E-state index in [-0.39, 0.29) is 31.3 Å². The molecule has 1 N–H and O–H groups in total. The highest BCUT2D eigenvalue weighted by Gasteiger charge is 2.36. The number of hydrogen-bond donors (Lipinski definition) is 1. The van der Waals surface area contributed by atoms with Crippen LogP contribution in [0.3, 0.4) is 0 Å². The highest BCUT2D eigenvalue weighted by Crippen LogP contribution is 2.42. The molecule has 0 saturated carbocycles. The fourth-order valence-corrected chi connectivity index (χ4v) is 3.70. The number of rotatable bonds is 9. The van der Waals surface area contributed by atoms with E-state index >= 15 is 0 Å². The van der Waals surface area contributed by atoms with Crippen molar-refractivity contribution < 1.29 is 33.3 Å². The van der Waals surface area contributed by atoms with Gasteiger partial charge in [-0.2, -0.15) is 0 Å². The Bertz CT molecular complexity index is 967. The molecule has 9 nitrogen and oxygen atoms in total. The predicted molar refractivity (Wildman–Crippen MR) is 118 cm³/mol.